The summed E-state index contributed by atoms with van der Waals surface area (Å²) in [5, 5.41) is 0.872. The predicted octanol–water partition coefficient (Wildman–Crippen LogP) is 2.42. The van der Waals surface area contributed by atoms with E-state index in [4.69, 9.17) is 10.5 Å². The van der Waals surface area contributed by atoms with Crippen LogP contribution in [0.1, 0.15) is 39.0 Å². The highest BCUT2D eigenvalue weighted by molar-refractivity contribution is 7.99. The summed E-state index contributed by atoms with van der Waals surface area (Å²) in [4.78, 5) is 0. The van der Waals surface area contributed by atoms with Crippen LogP contribution < -0.4 is 5.73 Å². The Labute approximate surface area is 92.0 Å². The smallest absolute Gasteiger partial charge is 0.0625 e. The lowest BCUT2D eigenvalue weighted by atomic mass is 10.0. The maximum absolute atomic E-state index is 5.93. The van der Waals surface area contributed by atoms with E-state index in [1.165, 1.54) is 32.1 Å². The maximum Gasteiger partial charge on any atom is 0.0625 e. The fourth-order valence-electron chi connectivity index (χ4n) is 1.81. The van der Waals surface area contributed by atoms with Crippen LogP contribution in [0.4, 0.5) is 0 Å². The standard InChI is InChI=1S/C11H23NOS/c1-2-13-8-10(12)9-14-11-6-4-3-5-7-11/h10-11H,2-9,12H2,1H3. The van der Waals surface area contributed by atoms with Crippen LogP contribution in [-0.2, 0) is 4.74 Å². The fourth-order valence-corrected chi connectivity index (χ4v) is 3.09. The molecule has 0 aromatic carbocycles. The SMILES string of the molecule is CCOCC(N)CSC1CCCCC1. The van der Waals surface area contributed by atoms with E-state index in [0.29, 0.717) is 0 Å². The van der Waals surface area contributed by atoms with Gasteiger partial charge in [-0.3, -0.25) is 0 Å². The third-order valence-corrected chi connectivity index (χ3v) is 4.20. The van der Waals surface area contributed by atoms with Crippen molar-refractivity contribution in [2.45, 2.75) is 50.3 Å². The highest BCUT2D eigenvalue weighted by Gasteiger charge is 2.14. The maximum atomic E-state index is 5.93. The molecule has 0 spiro atoms. The van der Waals surface area contributed by atoms with Gasteiger partial charge in [-0.05, 0) is 19.8 Å². The molecule has 0 aromatic rings. The van der Waals surface area contributed by atoms with Crippen molar-refractivity contribution in [3.63, 3.8) is 0 Å². The fraction of sp³-hybridized carbons (Fsp3) is 1.00. The first-order chi connectivity index (χ1) is 6.83. The Morgan fingerprint density at radius 2 is 2.07 bits per heavy atom. The van der Waals surface area contributed by atoms with Crippen molar-refractivity contribution < 1.29 is 4.74 Å². The van der Waals surface area contributed by atoms with Gasteiger partial charge in [-0.2, -0.15) is 11.8 Å². The molecular formula is C11H23NOS. The zero-order chi connectivity index (χ0) is 10.2. The lowest BCUT2D eigenvalue weighted by molar-refractivity contribution is 0.138. The van der Waals surface area contributed by atoms with Crippen molar-refractivity contribution in [1.82, 2.24) is 0 Å². The van der Waals surface area contributed by atoms with Crippen LogP contribution in [0.25, 0.3) is 0 Å². The van der Waals surface area contributed by atoms with Gasteiger partial charge in [-0.25, -0.2) is 0 Å². The van der Waals surface area contributed by atoms with Crippen LogP contribution in [-0.4, -0.2) is 30.3 Å². The normalized spacial score (nSPS) is 21.0. The second kappa shape index (κ2) is 7.55. The van der Waals surface area contributed by atoms with Crippen LogP contribution in [0.15, 0.2) is 0 Å². The number of ether oxygens (including phenoxy) is 1. The molecule has 3 heteroatoms. The van der Waals surface area contributed by atoms with E-state index in [1.54, 1.807) is 0 Å². The zero-order valence-corrected chi connectivity index (χ0v) is 10.0. The van der Waals surface area contributed by atoms with Crippen molar-refractivity contribution in [3.8, 4) is 0 Å². The summed E-state index contributed by atoms with van der Waals surface area (Å²) in [7, 11) is 0. The molecule has 84 valence electrons. The predicted molar refractivity (Wildman–Crippen MR) is 63.8 cm³/mol. The topological polar surface area (TPSA) is 35.2 Å². The van der Waals surface area contributed by atoms with Crippen LogP contribution in [0.2, 0.25) is 0 Å². The van der Waals surface area contributed by atoms with Crippen molar-refractivity contribution in [2.24, 2.45) is 5.73 Å². The van der Waals surface area contributed by atoms with Crippen molar-refractivity contribution >= 4 is 11.8 Å². The summed E-state index contributed by atoms with van der Waals surface area (Å²) in [6, 6.07) is 0.224. The molecule has 0 saturated heterocycles. The highest BCUT2D eigenvalue weighted by Crippen LogP contribution is 2.28. The molecule has 1 fully saturated rings. The Morgan fingerprint density at radius 3 is 2.71 bits per heavy atom. The Balaban J connectivity index is 2.00. The number of nitrogens with two attached hydrogens (primary N) is 1. The van der Waals surface area contributed by atoms with Gasteiger partial charge in [0.05, 0.1) is 6.61 Å². The Hall–Kier alpha value is 0.270. The molecular weight excluding hydrogens is 194 g/mol. The van der Waals surface area contributed by atoms with Crippen molar-refractivity contribution in [3.05, 3.63) is 0 Å². The van der Waals surface area contributed by atoms with Crippen molar-refractivity contribution in [2.75, 3.05) is 19.0 Å². The number of hydrogen-bond donors (Lipinski definition) is 1. The molecule has 2 nitrogen and oxygen atoms in total. The van der Waals surface area contributed by atoms with E-state index < -0.39 is 0 Å². The quantitative estimate of drug-likeness (QED) is 0.742. The lowest BCUT2D eigenvalue weighted by Gasteiger charge is -2.22. The van der Waals surface area contributed by atoms with Crippen molar-refractivity contribution in [1.29, 1.82) is 0 Å². The molecule has 0 heterocycles. The van der Waals surface area contributed by atoms with Crippen LogP contribution in [0.3, 0.4) is 0 Å². The Kier molecular flexibility index (Phi) is 6.65. The molecule has 0 bridgehead atoms. The third-order valence-electron chi connectivity index (χ3n) is 2.63. The minimum absolute atomic E-state index is 0.224. The lowest BCUT2D eigenvalue weighted by Crippen LogP contribution is -2.30. The molecule has 1 aliphatic rings. The molecule has 1 aliphatic carbocycles. The summed E-state index contributed by atoms with van der Waals surface area (Å²) in [6.07, 6.45) is 7.05. The van der Waals surface area contributed by atoms with Gasteiger partial charge in [0.25, 0.3) is 0 Å². The Bertz CT molecular complexity index is 137. The van der Waals surface area contributed by atoms with E-state index in [2.05, 4.69) is 11.8 Å². The van der Waals surface area contributed by atoms with Gasteiger partial charge in [0.1, 0.15) is 0 Å². The number of hydrogen-bond acceptors (Lipinski definition) is 3. The van der Waals surface area contributed by atoms with E-state index in [-0.39, 0.29) is 6.04 Å². The van der Waals surface area contributed by atoms with Crippen LogP contribution in [0.5, 0.6) is 0 Å². The molecule has 1 atom stereocenters. The number of thioether (sulfide) groups is 1. The largest absolute Gasteiger partial charge is 0.380 e. The summed E-state index contributed by atoms with van der Waals surface area (Å²) in [5.41, 5.74) is 5.93. The van der Waals surface area contributed by atoms with Gasteiger partial charge in [0.15, 0.2) is 0 Å². The molecule has 1 saturated carbocycles. The van der Waals surface area contributed by atoms with E-state index in [1.807, 2.05) is 6.92 Å². The molecule has 0 aliphatic heterocycles. The average Bonchev–Trinajstić information content (AvgIpc) is 2.25. The first-order valence-corrected chi connectivity index (χ1v) is 6.82. The van der Waals surface area contributed by atoms with Gasteiger partial charge >= 0.3 is 0 Å². The van der Waals surface area contributed by atoms with Gasteiger partial charge in [0.2, 0.25) is 0 Å². The van der Waals surface area contributed by atoms with Crippen LogP contribution in [0, 0.1) is 0 Å². The van der Waals surface area contributed by atoms with Crippen LogP contribution >= 0.6 is 11.8 Å². The molecule has 0 radical (unpaired) electrons. The van der Waals surface area contributed by atoms with E-state index >= 15 is 0 Å². The first kappa shape index (κ1) is 12.3. The van der Waals surface area contributed by atoms with E-state index in [9.17, 15) is 0 Å². The minimum atomic E-state index is 0.224. The summed E-state index contributed by atoms with van der Waals surface area (Å²) < 4.78 is 5.30. The molecule has 2 N–H and O–H groups in total. The summed E-state index contributed by atoms with van der Waals surface area (Å²) in [5.74, 6) is 1.06. The average molecular weight is 217 g/mol. The second-order valence-corrected chi connectivity index (χ2v) is 5.35. The zero-order valence-electron chi connectivity index (χ0n) is 9.21. The van der Waals surface area contributed by atoms with Gasteiger partial charge < -0.3 is 10.5 Å². The summed E-state index contributed by atoms with van der Waals surface area (Å²) in [6.45, 7) is 3.51. The highest BCUT2D eigenvalue weighted by atomic mass is 32.2. The molecule has 1 unspecified atom stereocenters. The first-order valence-electron chi connectivity index (χ1n) is 5.78. The molecule has 0 amide bonds. The third kappa shape index (κ3) is 5.23. The molecule has 0 aromatic heterocycles. The van der Waals surface area contributed by atoms with Gasteiger partial charge in [-0.15, -0.1) is 0 Å². The van der Waals surface area contributed by atoms with E-state index in [0.717, 1.165) is 24.2 Å². The number of rotatable bonds is 6. The second-order valence-electron chi connectivity index (χ2n) is 4.01. The summed E-state index contributed by atoms with van der Waals surface area (Å²) >= 11 is 2.05. The molecule has 1 rings (SSSR count). The molecule has 14 heavy (non-hydrogen) atoms. The van der Waals surface area contributed by atoms with Gasteiger partial charge in [0, 0.05) is 23.7 Å². The van der Waals surface area contributed by atoms with Gasteiger partial charge in [-0.1, -0.05) is 19.3 Å². The minimum Gasteiger partial charge on any atom is -0.380 e. The Morgan fingerprint density at radius 1 is 1.36 bits per heavy atom. The monoisotopic (exact) mass is 217 g/mol.